The molecule has 0 radical (unpaired) electrons. The van der Waals surface area contributed by atoms with E-state index in [9.17, 15) is 4.79 Å². The van der Waals surface area contributed by atoms with Crippen LogP contribution in [0.3, 0.4) is 0 Å². The van der Waals surface area contributed by atoms with Gasteiger partial charge in [0.2, 0.25) is 5.91 Å². The molecule has 1 aromatic carbocycles. The summed E-state index contributed by atoms with van der Waals surface area (Å²) in [5, 5.41) is 0.698. The molecule has 1 amide bonds. The molecule has 0 fully saturated rings. The Balaban J connectivity index is 2.07. The minimum absolute atomic E-state index is 0.415. The van der Waals surface area contributed by atoms with E-state index >= 15 is 0 Å². The Bertz CT molecular complexity index is 598. The van der Waals surface area contributed by atoms with E-state index in [1.54, 1.807) is 30.6 Å². The molecule has 2 rings (SSSR count). The number of anilines is 1. The van der Waals surface area contributed by atoms with Crippen molar-refractivity contribution in [2.45, 2.75) is 17.8 Å². The fourth-order valence-electron chi connectivity index (χ4n) is 1.48. The Morgan fingerprint density at radius 3 is 2.58 bits per heavy atom. The highest BCUT2D eigenvalue weighted by molar-refractivity contribution is 7.98. The van der Waals surface area contributed by atoms with Crippen molar-refractivity contribution >= 4 is 23.4 Å². The number of hydrogen-bond acceptors (Lipinski definition) is 5. The van der Waals surface area contributed by atoms with Crippen LogP contribution in [0.4, 0.5) is 5.69 Å². The maximum absolute atomic E-state index is 11.0. The molecule has 0 unspecified atom stereocenters. The van der Waals surface area contributed by atoms with Crippen LogP contribution >= 0.6 is 11.8 Å². The lowest BCUT2D eigenvalue weighted by Gasteiger charge is -2.06. The Hall–Kier alpha value is -2.08. The van der Waals surface area contributed by atoms with Crippen LogP contribution in [0.2, 0.25) is 0 Å². The summed E-state index contributed by atoms with van der Waals surface area (Å²) >= 11 is 1.49. The van der Waals surface area contributed by atoms with Gasteiger partial charge in [-0.2, -0.15) is 0 Å². The molecule has 0 bridgehead atoms. The zero-order valence-corrected chi connectivity index (χ0v) is 11.3. The average Bonchev–Trinajstić information content (AvgIpc) is 2.39. The van der Waals surface area contributed by atoms with E-state index < -0.39 is 5.91 Å². The van der Waals surface area contributed by atoms with Crippen molar-refractivity contribution in [1.82, 2.24) is 9.97 Å². The Morgan fingerprint density at radius 2 is 2.00 bits per heavy atom. The van der Waals surface area contributed by atoms with Crippen LogP contribution in [0, 0.1) is 6.92 Å². The molecule has 1 heterocycles. The first-order valence-corrected chi connectivity index (χ1v) is 6.64. The maximum atomic E-state index is 11.0. The number of hydrogen-bond donors (Lipinski definition) is 2. The van der Waals surface area contributed by atoms with Crippen molar-refractivity contribution in [3.8, 4) is 0 Å². The monoisotopic (exact) mass is 274 g/mol. The molecule has 5 nitrogen and oxygen atoms in total. The molecule has 0 atom stereocenters. The number of carbonyl (C=O) groups is 1. The minimum Gasteiger partial charge on any atom is -0.398 e. The van der Waals surface area contributed by atoms with Crippen LogP contribution in [-0.2, 0) is 5.75 Å². The van der Waals surface area contributed by atoms with Crippen molar-refractivity contribution in [2.24, 2.45) is 5.73 Å². The van der Waals surface area contributed by atoms with E-state index in [4.69, 9.17) is 11.5 Å². The van der Waals surface area contributed by atoms with Gasteiger partial charge < -0.3 is 11.5 Å². The van der Waals surface area contributed by atoms with Gasteiger partial charge in [0, 0.05) is 29.4 Å². The van der Waals surface area contributed by atoms with Crippen LogP contribution in [0.15, 0.2) is 35.7 Å². The van der Waals surface area contributed by atoms with Gasteiger partial charge in [0.25, 0.3) is 0 Å². The summed E-state index contributed by atoms with van der Waals surface area (Å²) < 4.78 is 0. The standard InChI is InChI=1S/C13H14N4OS/c1-8-5-16-13(17-6-8)19-7-10-3-2-9(12(15)18)4-11(10)14/h2-6H,7,14H2,1H3,(H2,15,18). The molecule has 0 aliphatic carbocycles. The highest BCUT2D eigenvalue weighted by atomic mass is 32.2. The summed E-state index contributed by atoms with van der Waals surface area (Å²) in [7, 11) is 0. The van der Waals surface area contributed by atoms with E-state index in [0.29, 0.717) is 22.2 Å². The molecule has 1 aromatic heterocycles. The summed E-state index contributed by atoms with van der Waals surface area (Å²) in [5.41, 5.74) is 14.0. The van der Waals surface area contributed by atoms with Gasteiger partial charge in [0.05, 0.1) is 0 Å². The molecule has 6 heteroatoms. The third-order valence-corrected chi connectivity index (χ3v) is 3.47. The number of thioether (sulfide) groups is 1. The topological polar surface area (TPSA) is 94.9 Å². The van der Waals surface area contributed by atoms with Crippen molar-refractivity contribution in [3.05, 3.63) is 47.3 Å². The highest BCUT2D eigenvalue weighted by Crippen LogP contribution is 2.23. The number of benzene rings is 1. The molecule has 2 aromatic rings. The predicted molar refractivity (Wildman–Crippen MR) is 75.7 cm³/mol. The SMILES string of the molecule is Cc1cnc(SCc2ccc(C(N)=O)cc2N)nc1. The third kappa shape index (κ3) is 3.45. The summed E-state index contributed by atoms with van der Waals surface area (Å²) in [6.07, 6.45) is 3.55. The van der Waals surface area contributed by atoms with Gasteiger partial charge in [-0.15, -0.1) is 0 Å². The second-order valence-corrected chi connectivity index (χ2v) is 5.05. The lowest BCUT2D eigenvalue weighted by atomic mass is 10.1. The van der Waals surface area contributed by atoms with Crippen LogP contribution in [-0.4, -0.2) is 15.9 Å². The van der Waals surface area contributed by atoms with Crippen molar-refractivity contribution in [1.29, 1.82) is 0 Å². The molecule has 19 heavy (non-hydrogen) atoms. The zero-order chi connectivity index (χ0) is 13.8. The molecule has 4 N–H and O–H groups in total. The van der Waals surface area contributed by atoms with Crippen LogP contribution in [0.5, 0.6) is 0 Å². The van der Waals surface area contributed by atoms with E-state index in [-0.39, 0.29) is 0 Å². The quantitative estimate of drug-likeness (QED) is 0.503. The van der Waals surface area contributed by atoms with E-state index in [1.807, 2.05) is 6.92 Å². The number of primary amides is 1. The summed E-state index contributed by atoms with van der Waals surface area (Å²) in [5.74, 6) is 0.168. The van der Waals surface area contributed by atoms with Gasteiger partial charge in [0.1, 0.15) is 0 Å². The fraction of sp³-hybridized carbons (Fsp3) is 0.154. The Kier molecular flexibility index (Phi) is 4.01. The molecule has 0 saturated carbocycles. The first-order chi connectivity index (χ1) is 9.06. The molecular formula is C13H14N4OS. The fourth-order valence-corrected chi connectivity index (χ4v) is 2.28. The highest BCUT2D eigenvalue weighted by Gasteiger charge is 2.06. The Labute approximate surface area is 115 Å². The van der Waals surface area contributed by atoms with Crippen molar-refractivity contribution in [2.75, 3.05) is 5.73 Å². The van der Waals surface area contributed by atoms with E-state index in [1.165, 1.54) is 11.8 Å². The normalized spacial score (nSPS) is 10.4. The van der Waals surface area contributed by atoms with E-state index in [2.05, 4.69) is 9.97 Å². The smallest absolute Gasteiger partial charge is 0.248 e. The number of rotatable bonds is 4. The number of nitrogens with zero attached hydrogens (tertiary/aromatic N) is 2. The van der Waals surface area contributed by atoms with Gasteiger partial charge in [-0.1, -0.05) is 17.8 Å². The average molecular weight is 274 g/mol. The second-order valence-electron chi connectivity index (χ2n) is 4.11. The lowest BCUT2D eigenvalue weighted by Crippen LogP contribution is -2.11. The molecular weight excluding hydrogens is 260 g/mol. The summed E-state index contributed by atoms with van der Waals surface area (Å²) in [6.45, 7) is 1.94. The lowest BCUT2D eigenvalue weighted by molar-refractivity contribution is 0.100. The third-order valence-electron chi connectivity index (χ3n) is 2.54. The summed E-state index contributed by atoms with van der Waals surface area (Å²) in [6, 6.07) is 5.06. The first kappa shape index (κ1) is 13.4. The van der Waals surface area contributed by atoms with Gasteiger partial charge in [-0.3, -0.25) is 4.79 Å². The number of nitrogen functional groups attached to an aromatic ring is 1. The number of aryl methyl sites for hydroxylation is 1. The number of carbonyl (C=O) groups excluding carboxylic acids is 1. The van der Waals surface area contributed by atoms with Crippen LogP contribution < -0.4 is 11.5 Å². The second kappa shape index (κ2) is 5.71. The molecule has 0 saturated heterocycles. The minimum atomic E-state index is -0.479. The van der Waals surface area contributed by atoms with Gasteiger partial charge in [-0.05, 0) is 30.2 Å². The van der Waals surface area contributed by atoms with Crippen LogP contribution in [0.1, 0.15) is 21.5 Å². The largest absolute Gasteiger partial charge is 0.398 e. The molecule has 0 aliphatic rings. The van der Waals surface area contributed by atoms with Gasteiger partial charge in [0.15, 0.2) is 5.16 Å². The number of amides is 1. The van der Waals surface area contributed by atoms with Crippen molar-refractivity contribution in [3.63, 3.8) is 0 Å². The summed E-state index contributed by atoms with van der Waals surface area (Å²) in [4.78, 5) is 19.4. The predicted octanol–water partition coefficient (Wildman–Crippen LogP) is 1.76. The van der Waals surface area contributed by atoms with Gasteiger partial charge in [-0.25, -0.2) is 9.97 Å². The molecule has 0 spiro atoms. The van der Waals surface area contributed by atoms with Crippen LogP contribution in [0.25, 0.3) is 0 Å². The zero-order valence-electron chi connectivity index (χ0n) is 10.5. The number of aromatic nitrogens is 2. The maximum Gasteiger partial charge on any atom is 0.248 e. The van der Waals surface area contributed by atoms with E-state index in [0.717, 1.165) is 11.1 Å². The molecule has 0 aliphatic heterocycles. The first-order valence-electron chi connectivity index (χ1n) is 5.66. The number of nitrogens with two attached hydrogens (primary N) is 2. The van der Waals surface area contributed by atoms with Gasteiger partial charge >= 0.3 is 0 Å². The van der Waals surface area contributed by atoms with Crippen molar-refractivity contribution < 1.29 is 4.79 Å². The Morgan fingerprint density at radius 1 is 1.32 bits per heavy atom. The molecule has 98 valence electrons.